The number of nitrogens with zero attached hydrogens (tertiary/aromatic N) is 3. The highest BCUT2D eigenvalue weighted by atomic mass is 127. The maximum Gasteiger partial charge on any atom is 0.122 e. The molecule has 0 radical (unpaired) electrons. The highest BCUT2D eigenvalue weighted by molar-refractivity contribution is 14.1. The Labute approximate surface area is 111 Å². The lowest BCUT2D eigenvalue weighted by molar-refractivity contribution is 0.209. The molecular weight excluding hydrogens is 340 g/mol. The first-order valence-electron chi connectivity index (χ1n) is 4.57. The Hall–Kier alpha value is -0.660. The largest absolute Gasteiger partial charge is 0.382 e. The van der Waals surface area contributed by atoms with Crippen LogP contribution in [-0.4, -0.2) is 20.1 Å². The molecule has 0 saturated heterocycles. The van der Waals surface area contributed by atoms with E-state index in [9.17, 15) is 5.11 Å². The highest BCUT2D eigenvalue weighted by Crippen LogP contribution is 2.26. The third-order valence-electron chi connectivity index (χ3n) is 2.29. The van der Waals surface area contributed by atoms with Crippen LogP contribution in [0, 0.1) is 3.57 Å². The summed E-state index contributed by atoms with van der Waals surface area (Å²) in [6.07, 6.45) is 0.783. The molecule has 1 heterocycles. The van der Waals surface area contributed by atoms with Crippen LogP contribution >= 0.6 is 34.2 Å². The molecule has 16 heavy (non-hydrogen) atoms. The first kappa shape index (κ1) is 11.8. The molecule has 1 aromatic heterocycles. The predicted octanol–water partition coefficient (Wildman–Crippen LogP) is 2.15. The number of halogens is 2. The van der Waals surface area contributed by atoms with E-state index < -0.39 is 6.10 Å². The number of hydrogen-bond donors (Lipinski definition) is 1. The van der Waals surface area contributed by atoms with Crippen molar-refractivity contribution in [2.45, 2.75) is 6.10 Å². The maximum atomic E-state index is 10.1. The fourth-order valence-corrected chi connectivity index (χ4v) is 1.92. The molecule has 0 spiro atoms. The van der Waals surface area contributed by atoms with Gasteiger partial charge in [-0.25, -0.2) is 4.68 Å². The Morgan fingerprint density at radius 2 is 2.25 bits per heavy atom. The van der Waals surface area contributed by atoms with Gasteiger partial charge in [0.2, 0.25) is 0 Å². The lowest BCUT2D eigenvalue weighted by Crippen LogP contribution is -2.06. The number of benzene rings is 1. The molecule has 84 valence electrons. The Kier molecular flexibility index (Phi) is 3.46. The number of aliphatic hydroxyl groups is 1. The number of aliphatic hydroxyl groups excluding tert-OH is 1. The molecule has 0 aliphatic carbocycles. The average molecular weight is 350 g/mol. The molecule has 1 N–H and O–H groups in total. The molecule has 0 amide bonds. The van der Waals surface area contributed by atoms with Crippen LogP contribution in [0.3, 0.4) is 0 Å². The number of aromatic nitrogens is 3. The van der Waals surface area contributed by atoms with E-state index in [0.717, 1.165) is 9.13 Å². The highest BCUT2D eigenvalue weighted by Gasteiger charge is 2.15. The molecule has 0 fully saturated rings. The minimum Gasteiger partial charge on any atom is -0.382 e. The van der Waals surface area contributed by atoms with E-state index in [-0.39, 0.29) is 0 Å². The molecule has 0 aliphatic heterocycles. The summed E-state index contributed by atoms with van der Waals surface area (Å²) in [6, 6.07) is 5.46. The summed E-state index contributed by atoms with van der Waals surface area (Å²) in [5.74, 6) is 0. The second-order valence-corrected chi connectivity index (χ2v) is 4.93. The van der Waals surface area contributed by atoms with Gasteiger partial charge in [0.15, 0.2) is 0 Å². The topological polar surface area (TPSA) is 50.9 Å². The normalized spacial score (nSPS) is 12.8. The van der Waals surface area contributed by atoms with E-state index in [1.807, 2.05) is 12.1 Å². The van der Waals surface area contributed by atoms with Gasteiger partial charge in [0.1, 0.15) is 6.10 Å². The van der Waals surface area contributed by atoms with Crippen molar-refractivity contribution < 1.29 is 5.11 Å². The van der Waals surface area contributed by atoms with Crippen molar-refractivity contribution in [1.29, 1.82) is 0 Å². The molecule has 0 aliphatic rings. The first-order valence-corrected chi connectivity index (χ1v) is 6.03. The Balaban J connectivity index is 2.38. The summed E-state index contributed by atoms with van der Waals surface area (Å²) in [7, 11) is 1.74. The van der Waals surface area contributed by atoms with Gasteiger partial charge >= 0.3 is 0 Å². The van der Waals surface area contributed by atoms with Gasteiger partial charge in [0.05, 0.1) is 16.9 Å². The van der Waals surface area contributed by atoms with E-state index in [1.54, 1.807) is 13.1 Å². The molecule has 0 saturated carbocycles. The van der Waals surface area contributed by atoms with Crippen molar-refractivity contribution in [3.63, 3.8) is 0 Å². The van der Waals surface area contributed by atoms with Gasteiger partial charge in [-0.05, 0) is 40.3 Å². The fraction of sp³-hybridized carbons (Fsp3) is 0.200. The van der Waals surface area contributed by atoms with Gasteiger partial charge in [-0.3, -0.25) is 0 Å². The standard InChI is InChI=1S/C10H9ClIN3O/c1-15-9(5-13-14-15)10(16)6-2-3-8(12)7(11)4-6/h2-5,10,16H,1H3. The molecule has 6 heteroatoms. The van der Waals surface area contributed by atoms with Crippen LogP contribution in [0.1, 0.15) is 17.4 Å². The van der Waals surface area contributed by atoms with E-state index in [4.69, 9.17) is 11.6 Å². The second kappa shape index (κ2) is 4.68. The van der Waals surface area contributed by atoms with Crippen LogP contribution in [0.4, 0.5) is 0 Å². The van der Waals surface area contributed by atoms with Gasteiger partial charge in [0, 0.05) is 10.6 Å². The first-order chi connectivity index (χ1) is 7.59. The summed E-state index contributed by atoms with van der Waals surface area (Å²) in [5, 5.41) is 18.2. The summed E-state index contributed by atoms with van der Waals surface area (Å²) < 4.78 is 2.50. The molecule has 0 bridgehead atoms. The molecule has 2 aromatic rings. The van der Waals surface area contributed by atoms with Crippen molar-refractivity contribution >= 4 is 34.2 Å². The molecule has 4 nitrogen and oxygen atoms in total. The number of hydrogen-bond acceptors (Lipinski definition) is 3. The van der Waals surface area contributed by atoms with Gasteiger partial charge in [-0.2, -0.15) is 0 Å². The monoisotopic (exact) mass is 349 g/mol. The third-order valence-corrected chi connectivity index (χ3v) is 3.86. The Morgan fingerprint density at radius 1 is 1.50 bits per heavy atom. The van der Waals surface area contributed by atoms with Crippen LogP contribution in [0.15, 0.2) is 24.4 Å². The predicted molar refractivity (Wildman–Crippen MR) is 69.2 cm³/mol. The van der Waals surface area contributed by atoms with Gasteiger partial charge in [-0.15, -0.1) is 5.10 Å². The van der Waals surface area contributed by atoms with Crippen LogP contribution in [0.2, 0.25) is 5.02 Å². The molecule has 2 rings (SSSR count). The molecule has 1 atom stereocenters. The van der Waals surface area contributed by atoms with Crippen molar-refractivity contribution in [2.75, 3.05) is 0 Å². The molecule has 1 unspecified atom stereocenters. The fourth-order valence-electron chi connectivity index (χ4n) is 1.40. The van der Waals surface area contributed by atoms with E-state index in [0.29, 0.717) is 10.7 Å². The van der Waals surface area contributed by atoms with Gasteiger partial charge < -0.3 is 5.11 Å². The quantitative estimate of drug-likeness (QED) is 0.845. The SMILES string of the molecule is Cn1nncc1C(O)c1ccc(I)c(Cl)c1. The lowest BCUT2D eigenvalue weighted by atomic mass is 10.1. The average Bonchev–Trinajstić information content (AvgIpc) is 2.67. The summed E-state index contributed by atoms with van der Waals surface area (Å²) in [4.78, 5) is 0. The summed E-state index contributed by atoms with van der Waals surface area (Å²) in [6.45, 7) is 0. The Bertz CT molecular complexity index is 515. The number of aryl methyl sites for hydroxylation is 1. The summed E-state index contributed by atoms with van der Waals surface area (Å²) in [5.41, 5.74) is 1.37. The van der Waals surface area contributed by atoms with Crippen LogP contribution in [-0.2, 0) is 7.05 Å². The van der Waals surface area contributed by atoms with Crippen molar-refractivity contribution in [3.05, 3.63) is 44.2 Å². The smallest absolute Gasteiger partial charge is 0.122 e. The van der Waals surface area contributed by atoms with Gasteiger partial charge in [-0.1, -0.05) is 22.9 Å². The van der Waals surface area contributed by atoms with Crippen LogP contribution in [0.25, 0.3) is 0 Å². The zero-order valence-electron chi connectivity index (χ0n) is 8.43. The maximum absolute atomic E-state index is 10.1. The number of rotatable bonds is 2. The zero-order chi connectivity index (χ0) is 11.7. The molecule has 1 aromatic carbocycles. The van der Waals surface area contributed by atoms with E-state index in [1.165, 1.54) is 10.9 Å². The van der Waals surface area contributed by atoms with Crippen molar-refractivity contribution in [3.8, 4) is 0 Å². The zero-order valence-corrected chi connectivity index (χ0v) is 11.3. The van der Waals surface area contributed by atoms with Crippen molar-refractivity contribution in [2.24, 2.45) is 7.05 Å². The minimum atomic E-state index is -0.755. The minimum absolute atomic E-state index is 0.632. The van der Waals surface area contributed by atoms with Crippen LogP contribution < -0.4 is 0 Å². The second-order valence-electron chi connectivity index (χ2n) is 3.36. The third kappa shape index (κ3) is 2.21. The molecular formula is C10H9ClIN3O. The van der Waals surface area contributed by atoms with E-state index >= 15 is 0 Å². The lowest BCUT2D eigenvalue weighted by Gasteiger charge is -2.11. The summed E-state index contributed by atoms with van der Waals surface area (Å²) >= 11 is 8.14. The van der Waals surface area contributed by atoms with Crippen molar-refractivity contribution in [1.82, 2.24) is 15.0 Å². The van der Waals surface area contributed by atoms with E-state index in [2.05, 4.69) is 32.9 Å². The van der Waals surface area contributed by atoms with Crippen LogP contribution in [0.5, 0.6) is 0 Å². The van der Waals surface area contributed by atoms with Gasteiger partial charge in [0.25, 0.3) is 0 Å². The Morgan fingerprint density at radius 3 is 2.81 bits per heavy atom.